The first-order chi connectivity index (χ1) is 6.79. The largest absolute Gasteiger partial charge is 0.491 e. The Bertz CT molecular complexity index is 360. The highest BCUT2D eigenvalue weighted by molar-refractivity contribution is 5.93. The van der Waals surface area contributed by atoms with E-state index in [0.717, 1.165) is 17.9 Å². The first-order valence-corrected chi connectivity index (χ1v) is 4.85. The SMILES string of the molecule is CCc1ccc2c(c1)OCCC(=O)N2. The summed E-state index contributed by atoms with van der Waals surface area (Å²) in [5.74, 6) is 0.809. The zero-order valence-corrected chi connectivity index (χ0v) is 8.17. The van der Waals surface area contributed by atoms with Crippen molar-refractivity contribution in [1.29, 1.82) is 0 Å². The molecule has 2 rings (SSSR count). The molecule has 0 saturated carbocycles. The molecule has 0 bridgehead atoms. The lowest BCUT2D eigenvalue weighted by Crippen LogP contribution is -2.10. The van der Waals surface area contributed by atoms with Crippen LogP contribution in [0.5, 0.6) is 5.75 Å². The number of amides is 1. The van der Waals surface area contributed by atoms with Gasteiger partial charge in [-0.2, -0.15) is 0 Å². The van der Waals surface area contributed by atoms with Gasteiger partial charge >= 0.3 is 0 Å². The van der Waals surface area contributed by atoms with Crippen LogP contribution < -0.4 is 10.1 Å². The van der Waals surface area contributed by atoms with Crippen molar-refractivity contribution in [1.82, 2.24) is 0 Å². The average molecular weight is 191 g/mol. The number of hydrogen-bond acceptors (Lipinski definition) is 2. The summed E-state index contributed by atoms with van der Waals surface area (Å²) in [6.45, 7) is 2.56. The van der Waals surface area contributed by atoms with Gasteiger partial charge in [-0.3, -0.25) is 4.79 Å². The van der Waals surface area contributed by atoms with Crippen LogP contribution in [0.25, 0.3) is 0 Å². The van der Waals surface area contributed by atoms with Gasteiger partial charge in [0.15, 0.2) is 0 Å². The van der Waals surface area contributed by atoms with Gasteiger partial charge in [0.2, 0.25) is 5.91 Å². The Hall–Kier alpha value is -1.51. The highest BCUT2D eigenvalue weighted by Crippen LogP contribution is 2.28. The molecular weight excluding hydrogens is 178 g/mol. The van der Waals surface area contributed by atoms with Crippen molar-refractivity contribution in [2.75, 3.05) is 11.9 Å². The summed E-state index contributed by atoms with van der Waals surface area (Å²) in [5.41, 5.74) is 2.00. The Kier molecular flexibility index (Phi) is 2.39. The molecule has 0 radical (unpaired) electrons. The molecule has 0 spiro atoms. The molecule has 1 aromatic carbocycles. The minimum absolute atomic E-state index is 0.0213. The first kappa shape index (κ1) is 9.06. The Morgan fingerprint density at radius 3 is 3.14 bits per heavy atom. The van der Waals surface area contributed by atoms with Crippen LogP contribution in [0.3, 0.4) is 0 Å². The molecule has 14 heavy (non-hydrogen) atoms. The molecule has 1 aliphatic rings. The van der Waals surface area contributed by atoms with Crippen LogP contribution in [0.1, 0.15) is 18.9 Å². The number of anilines is 1. The van der Waals surface area contributed by atoms with Crippen LogP contribution >= 0.6 is 0 Å². The van der Waals surface area contributed by atoms with E-state index in [1.165, 1.54) is 5.56 Å². The summed E-state index contributed by atoms with van der Waals surface area (Å²) in [5, 5.41) is 2.81. The van der Waals surface area contributed by atoms with Crippen molar-refractivity contribution < 1.29 is 9.53 Å². The Morgan fingerprint density at radius 2 is 2.36 bits per heavy atom. The van der Waals surface area contributed by atoms with E-state index < -0.39 is 0 Å². The van der Waals surface area contributed by atoms with Crippen LogP contribution in [0.15, 0.2) is 18.2 Å². The van der Waals surface area contributed by atoms with E-state index >= 15 is 0 Å². The molecule has 74 valence electrons. The number of benzene rings is 1. The molecule has 0 aliphatic carbocycles. The van der Waals surface area contributed by atoms with Crippen molar-refractivity contribution in [2.45, 2.75) is 19.8 Å². The second kappa shape index (κ2) is 3.70. The van der Waals surface area contributed by atoms with Crippen molar-refractivity contribution in [3.8, 4) is 5.75 Å². The molecule has 1 aromatic rings. The fourth-order valence-electron chi connectivity index (χ4n) is 1.48. The third-order valence-corrected chi connectivity index (χ3v) is 2.32. The fourth-order valence-corrected chi connectivity index (χ4v) is 1.48. The van der Waals surface area contributed by atoms with Crippen LogP contribution in [-0.4, -0.2) is 12.5 Å². The van der Waals surface area contributed by atoms with E-state index in [1.807, 2.05) is 18.2 Å². The minimum Gasteiger partial charge on any atom is -0.491 e. The van der Waals surface area contributed by atoms with Gasteiger partial charge < -0.3 is 10.1 Å². The number of carbonyl (C=O) groups excluding carboxylic acids is 1. The number of aryl methyl sites for hydroxylation is 1. The summed E-state index contributed by atoms with van der Waals surface area (Å²) in [6.07, 6.45) is 1.40. The van der Waals surface area contributed by atoms with Crippen molar-refractivity contribution >= 4 is 11.6 Å². The van der Waals surface area contributed by atoms with Crippen LogP contribution in [0.2, 0.25) is 0 Å². The first-order valence-electron chi connectivity index (χ1n) is 4.85. The molecule has 0 unspecified atom stereocenters. The standard InChI is InChI=1S/C11H13NO2/c1-2-8-3-4-9-10(7-8)14-6-5-11(13)12-9/h3-4,7H,2,5-6H2,1H3,(H,12,13). The third kappa shape index (κ3) is 1.71. The fraction of sp³-hybridized carbons (Fsp3) is 0.364. The lowest BCUT2D eigenvalue weighted by atomic mass is 10.1. The summed E-state index contributed by atoms with van der Waals surface area (Å²) in [4.78, 5) is 11.2. The van der Waals surface area contributed by atoms with E-state index in [1.54, 1.807) is 0 Å². The van der Waals surface area contributed by atoms with Crippen molar-refractivity contribution in [3.63, 3.8) is 0 Å². The number of nitrogens with one attached hydrogen (secondary N) is 1. The van der Waals surface area contributed by atoms with Gasteiger partial charge in [0, 0.05) is 0 Å². The molecule has 1 heterocycles. The van der Waals surface area contributed by atoms with Gasteiger partial charge in [0.25, 0.3) is 0 Å². The smallest absolute Gasteiger partial charge is 0.227 e. The van der Waals surface area contributed by atoms with Gasteiger partial charge in [-0.15, -0.1) is 0 Å². The van der Waals surface area contributed by atoms with Gasteiger partial charge in [-0.25, -0.2) is 0 Å². The van der Waals surface area contributed by atoms with Gasteiger partial charge in [-0.1, -0.05) is 13.0 Å². The molecule has 0 saturated heterocycles. The molecule has 0 aromatic heterocycles. The lowest BCUT2D eigenvalue weighted by molar-refractivity contribution is -0.116. The van der Waals surface area contributed by atoms with Crippen LogP contribution in [-0.2, 0) is 11.2 Å². The number of rotatable bonds is 1. The normalized spacial score (nSPS) is 15.1. The molecule has 1 amide bonds. The molecule has 3 heteroatoms. The quantitative estimate of drug-likeness (QED) is 0.737. The number of ether oxygens (including phenoxy) is 1. The summed E-state index contributed by atoms with van der Waals surface area (Å²) in [6, 6.07) is 5.89. The van der Waals surface area contributed by atoms with Crippen molar-refractivity contribution in [3.05, 3.63) is 23.8 Å². The lowest BCUT2D eigenvalue weighted by Gasteiger charge is -2.07. The van der Waals surface area contributed by atoms with Gasteiger partial charge in [0.05, 0.1) is 18.7 Å². The molecule has 3 nitrogen and oxygen atoms in total. The molecule has 1 N–H and O–H groups in total. The summed E-state index contributed by atoms with van der Waals surface area (Å²) in [7, 11) is 0. The van der Waals surface area contributed by atoms with E-state index in [0.29, 0.717) is 13.0 Å². The predicted molar refractivity (Wildman–Crippen MR) is 54.6 cm³/mol. The van der Waals surface area contributed by atoms with E-state index in [-0.39, 0.29) is 5.91 Å². The number of fused-ring (bicyclic) bond motifs is 1. The zero-order chi connectivity index (χ0) is 9.97. The number of carbonyl (C=O) groups is 1. The van der Waals surface area contributed by atoms with Gasteiger partial charge in [0.1, 0.15) is 5.75 Å². The highest BCUT2D eigenvalue weighted by Gasteiger charge is 2.13. The maximum atomic E-state index is 11.2. The predicted octanol–water partition coefficient (Wildman–Crippen LogP) is 1.97. The minimum atomic E-state index is 0.0213. The van der Waals surface area contributed by atoms with Crippen molar-refractivity contribution in [2.24, 2.45) is 0 Å². The Balaban J connectivity index is 2.35. The monoisotopic (exact) mass is 191 g/mol. The molecule has 1 aliphatic heterocycles. The molecule has 0 atom stereocenters. The maximum Gasteiger partial charge on any atom is 0.227 e. The summed E-state index contributed by atoms with van der Waals surface area (Å²) >= 11 is 0. The number of hydrogen-bond donors (Lipinski definition) is 1. The zero-order valence-electron chi connectivity index (χ0n) is 8.17. The van der Waals surface area contributed by atoms with E-state index in [9.17, 15) is 4.79 Å². The van der Waals surface area contributed by atoms with E-state index in [2.05, 4.69) is 12.2 Å². The Morgan fingerprint density at radius 1 is 1.50 bits per heavy atom. The topological polar surface area (TPSA) is 38.3 Å². The Labute approximate surface area is 83.1 Å². The van der Waals surface area contributed by atoms with Gasteiger partial charge in [-0.05, 0) is 24.1 Å². The molecular formula is C11H13NO2. The third-order valence-electron chi connectivity index (χ3n) is 2.32. The average Bonchev–Trinajstić information content (AvgIpc) is 2.37. The highest BCUT2D eigenvalue weighted by atomic mass is 16.5. The second-order valence-electron chi connectivity index (χ2n) is 3.33. The second-order valence-corrected chi connectivity index (χ2v) is 3.33. The maximum absolute atomic E-state index is 11.2. The van der Waals surface area contributed by atoms with Crippen LogP contribution in [0.4, 0.5) is 5.69 Å². The molecule has 0 fully saturated rings. The summed E-state index contributed by atoms with van der Waals surface area (Å²) < 4.78 is 5.48. The van der Waals surface area contributed by atoms with Crippen LogP contribution in [0, 0.1) is 0 Å². The van der Waals surface area contributed by atoms with E-state index in [4.69, 9.17) is 4.74 Å².